The second-order valence-corrected chi connectivity index (χ2v) is 9.94. The second-order valence-electron chi connectivity index (χ2n) is 9.06. The Morgan fingerprint density at radius 3 is 2.00 bits per heavy atom. The molecule has 37 heavy (non-hydrogen) atoms. The Morgan fingerprint density at radius 2 is 1.43 bits per heavy atom. The average molecular weight is 543 g/mol. The molecule has 0 aliphatic rings. The predicted octanol–water partition coefficient (Wildman–Crippen LogP) is 8.35. The van der Waals surface area contributed by atoms with E-state index in [4.69, 9.17) is 37.4 Å². The molecule has 0 amide bonds. The van der Waals surface area contributed by atoms with E-state index >= 15 is 0 Å². The maximum absolute atomic E-state index is 12.6. The molecule has 3 aromatic rings. The van der Waals surface area contributed by atoms with E-state index in [1.165, 1.54) is 37.5 Å². The third-order valence-electron chi connectivity index (χ3n) is 5.71. The van der Waals surface area contributed by atoms with Crippen molar-refractivity contribution in [3.8, 4) is 28.4 Å². The zero-order valence-electron chi connectivity index (χ0n) is 21.3. The van der Waals surface area contributed by atoms with E-state index in [1.807, 2.05) is 50.2 Å². The first kappa shape index (κ1) is 28.5. The largest absolute Gasteiger partial charge is 0.494 e. The molecule has 0 heterocycles. The number of alkyl halides is 1. The zero-order valence-corrected chi connectivity index (χ0v) is 22.9. The first-order valence-electron chi connectivity index (χ1n) is 12.5. The summed E-state index contributed by atoms with van der Waals surface area (Å²) in [6.07, 6.45) is 4.69. The Kier molecular flexibility index (Phi) is 10.8. The van der Waals surface area contributed by atoms with Crippen molar-refractivity contribution < 1.29 is 23.8 Å². The maximum Gasteiger partial charge on any atom is 0.343 e. The summed E-state index contributed by atoms with van der Waals surface area (Å²) in [6.45, 7) is 6.55. The number of carbonyl (C=O) groups is 2. The Morgan fingerprint density at radius 1 is 0.811 bits per heavy atom. The summed E-state index contributed by atoms with van der Waals surface area (Å²) in [5.41, 5.74) is 2.25. The number of hydrogen-bond acceptors (Lipinski definition) is 5. The molecular formula is C30H32Cl2O5. The fourth-order valence-electron chi connectivity index (χ4n) is 3.49. The van der Waals surface area contributed by atoms with Gasteiger partial charge in [0.2, 0.25) is 0 Å². The van der Waals surface area contributed by atoms with Gasteiger partial charge in [0.25, 0.3) is 0 Å². The van der Waals surface area contributed by atoms with Crippen LogP contribution in [0.5, 0.6) is 17.2 Å². The van der Waals surface area contributed by atoms with Crippen LogP contribution in [0.4, 0.5) is 0 Å². The van der Waals surface area contributed by atoms with Gasteiger partial charge in [-0.2, -0.15) is 0 Å². The van der Waals surface area contributed by atoms with Crippen LogP contribution in [0.15, 0.2) is 66.7 Å². The van der Waals surface area contributed by atoms with Gasteiger partial charge >= 0.3 is 11.9 Å². The SMILES string of the molecule is CCCCCCOc1ccc(-c2ccc(OC(=O)c3ccc(OC(=O)C(Cl)C(C)C)c(Cl)c3)cc2)cc1. The van der Waals surface area contributed by atoms with Gasteiger partial charge < -0.3 is 14.2 Å². The lowest BCUT2D eigenvalue weighted by Crippen LogP contribution is -2.25. The molecule has 196 valence electrons. The van der Waals surface area contributed by atoms with Crippen LogP contribution in [0.25, 0.3) is 11.1 Å². The Bertz CT molecular complexity index is 1170. The molecule has 3 aromatic carbocycles. The third-order valence-corrected chi connectivity index (χ3v) is 6.69. The highest BCUT2D eigenvalue weighted by atomic mass is 35.5. The number of halogens is 2. The van der Waals surface area contributed by atoms with Crippen LogP contribution in [0.1, 0.15) is 56.8 Å². The van der Waals surface area contributed by atoms with Gasteiger partial charge in [-0.1, -0.05) is 75.9 Å². The van der Waals surface area contributed by atoms with Gasteiger partial charge in [-0.05, 0) is 65.9 Å². The summed E-state index contributed by atoms with van der Waals surface area (Å²) in [5, 5.41) is -0.686. The Hall–Kier alpha value is -3.02. The van der Waals surface area contributed by atoms with Crippen LogP contribution in [-0.4, -0.2) is 23.9 Å². The number of benzene rings is 3. The van der Waals surface area contributed by atoms with Gasteiger partial charge in [-0.3, -0.25) is 4.79 Å². The van der Waals surface area contributed by atoms with Crippen LogP contribution in [-0.2, 0) is 4.79 Å². The van der Waals surface area contributed by atoms with E-state index in [-0.39, 0.29) is 22.3 Å². The summed E-state index contributed by atoms with van der Waals surface area (Å²) < 4.78 is 16.5. The van der Waals surface area contributed by atoms with E-state index in [2.05, 4.69) is 6.92 Å². The fraction of sp³-hybridized carbons (Fsp3) is 0.333. The van der Waals surface area contributed by atoms with E-state index in [1.54, 1.807) is 12.1 Å². The van der Waals surface area contributed by atoms with Crippen molar-refractivity contribution in [2.75, 3.05) is 6.61 Å². The van der Waals surface area contributed by atoms with E-state index in [0.29, 0.717) is 5.75 Å². The number of hydrogen-bond donors (Lipinski definition) is 0. The molecule has 0 saturated heterocycles. The molecule has 0 aliphatic heterocycles. The lowest BCUT2D eigenvalue weighted by molar-refractivity contribution is -0.134. The molecule has 1 atom stereocenters. The molecule has 0 spiro atoms. The molecule has 0 aliphatic carbocycles. The number of rotatable bonds is 12. The molecule has 0 aromatic heterocycles. The summed E-state index contributed by atoms with van der Waals surface area (Å²) in [6, 6.07) is 19.5. The normalized spacial score (nSPS) is 11.7. The van der Waals surface area contributed by atoms with Crippen LogP contribution in [0.3, 0.4) is 0 Å². The Labute approximate surface area is 228 Å². The molecule has 3 rings (SSSR count). The van der Waals surface area contributed by atoms with Gasteiger partial charge in [0.15, 0.2) is 0 Å². The molecule has 0 N–H and O–H groups in total. The summed E-state index contributed by atoms with van der Waals surface area (Å²) in [7, 11) is 0. The fourth-order valence-corrected chi connectivity index (χ4v) is 3.75. The maximum atomic E-state index is 12.6. The minimum absolute atomic E-state index is 0.0907. The molecule has 0 fully saturated rings. The minimum Gasteiger partial charge on any atom is -0.494 e. The number of esters is 2. The predicted molar refractivity (Wildman–Crippen MR) is 148 cm³/mol. The van der Waals surface area contributed by atoms with Crippen molar-refractivity contribution in [3.63, 3.8) is 0 Å². The van der Waals surface area contributed by atoms with Crippen LogP contribution in [0, 0.1) is 5.92 Å². The van der Waals surface area contributed by atoms with Crippen molar-refractivity contribution in [1.29, 1.82) is 0 Å². The van der Waals surface area contributed by atoms with Crippen molar-refractivity contribution in [2.45, 2.75) is 51.8 Å². The topological polar surface area (TPSA) is 61.8 Å². The minimum atomic E-state index is -0.796. The van der Waals surface area contributed by atoms with Crippen molar-refractivity contribution in [3.05, 3.63) is 77.3 Å². The quantitative estimate of drug-likeness (QED) is 0.0994. The number of ether oxygens (including phenoxy) is 3. The van der Waals surface area contributed by atoms with E-state index in [0.717, 1.165) is 29.9 Å². The second kappa shape index (κ2) is 14.1. The Balaban J connectivity index is 1.56. The van der Waals surface area contributed by atoms with Crippen LogP contribution < -0.4 is 14.2 Å². The highest BCUT2D eigenvalue weighted by molar-refractivity contribution is 6.33. The van der Waals surface area contributed by atoms with Crippen molar-refractivity contribution >= 4 is 35.1 Å². The van der Waals surface area contributed by atoms with E-state index < -0.39 is 17.3 Å². The van der Waals surface area contributed by atoms with E-state index in [9.17, 15) is 9.59 Å². The van der Waals surface area contributed by atoms with Gasteiger partial charge in [0.1, 0.15) is 22.6 Å². The number of unbranched alkanes of at least 4 members (excludes halogenated alkanes) is 3. The highest BCUT2D eigenvalue weighted by Gasteiger charge is 2.22. The first-order valence-corrected chi connectivity index (χ1v) is 13.3. The van der Waals surface area contributed by atoms with Crippen molar-refractivity contribution in [2.24, 2.45) is 5.92 Å². The number of carbonyl (C=O) groups excluding carboxylic acids is 2. The lowest BCUT2D eigenvalue weighted by Gasteiger charge is -2.13. The summed E-state index contributed by atoms with van der Waals surface area (Å²) >= 11 is 12.2. The zero-order chi connectivity index (χ0) is 26.8. The smallest absolute Gasteiger partial charge is 0.343 e. The molecule has 1 unspecified atom stereocenters. The van der Waals surface area contributed by atoms with Gasteiger partial charge in [0.05, 0.1) is 17.2 Å². The molecule has 0 radical (unpaired) electrons. The first-order chi connectivity index (χ1) is 17.8. The standard InChI is InChI=1S/C30H32Cl2O5/c1-4-5-6-7-18-35-24-13-8-21(9-14-24)22-10-15-25(16-11-22)36-29(33)23-12-17-27(26(31)19-23)37-30(34)28(32)20(2)3/h8-17,19-20,28H,4-7,18H2,1-3H3. The highest BCUT2D eigenvalue weighted by Crippen LogP contribution is 2.29. The summed E-state index contributed by atoms with van der Waals surface area (Å²) in [4.78, 5) is 24.7. The molecule has 0 saturated carbocycles. The molecule has 5 nitrogen and oxygen atoms in total. The van der Waals surface area contributed by atoms with Gasteiger partial charge in [0, 0.05) is 0 Å². The summed E-state index contributed by atoms with van der Waals surface area (Å²) in [5.74, 6) is 0.115. The van der Waals surface area contributed by atoms with Crippen LogP contribution in [0.2, 0.25) is 5.02 Å². The van der Waals surface area contributed by atoms with Crippen LogP contribution >= 0.6 is 23.2 Å². The molecule has 7 heteroatoms. The molecule has 0 bridgehead atoms. The van der Waals surface area contributed by atoms with Gasteiger partial charge in [-0.15, -0.1) is 11.6 Å². The third kappa shape index (κ3) is 8.51. The monoisotopic (exact) mass is 542 g/mol. The molecular weight excluding hydrogens is 511 g/mol. The van der Waals surface area contributed by atoms with Crippen molar-refractivity contribution in [1.82, 2.24) is 0 Å². The van der Waals surface area contributed by atoms with Gasteiger partial charge in [-0.25, -0.2) is 4.79 Å². The average Bonchev–Trinajstić information content (AvgIpc) is 2.90. The lowest BCUT2D eigenvalue weighted by atomic mass is 10.1.